The lowest BCUT2D eigenvalue weighted by atomic mass is 10.1. The Morgan fingerprint density at radius 3 is 2.57 bits per heavy atom. The van der Waals surface area contributed by atoms with Gasteiger partial charge in [-0.15, -0.1) is 0 Å². The van der Waals surface area contributed by atoms with Gasteiger partial charge in [-0.1, -0.05) is 29.8 Å². The SMILES string of the molecule is COc1ccc(CCNC(=O)c2ccc(C[S@](=O)c3ccccc3Cl)o2)cc1OC. The minimum atomic E-state index is -1.36. The molecule has 0 saturated carbocycles. The smallest absolute Gasteiger partial charge is 0.287 e. The fourth-order valence-corrected chi connectivity index (χ4v) is 4.34. The molecule has 1 heterocycles. The fourth-order valence-electron chi connectivity index (χ4n) is 2.86. The zero-order valence-corrected chi connectivity index (χ0v) is 18.2. The van der Waals surface area contributed by atoms with Crippen LogP contribution in [0.3, 0.4) is 0 Å². The molecule has 1 amide bonds. The molecule has 1 atom stereocenters. The second kappa shape index (κ2) is 10.3. The van der Waals surface area contributed by atoms with Crippen molar-refractivity contribution in [3.63, 3.8) is 0 Å². The van der Waals surface area contributed by atoms with Crippen molar-refractivity contribution in [2.24, 2.45) is 0 Å². The molecule has 0 unspecified atom stereocenters. The molecule has 0 spiro atoms. The van der Waals surface area contributed by atoms with Gasteiger partial charge in [0.15, 0.2) is 17.3 Å². The molecule has 0 aliphatic carbocycles. The molecule has 0 saturated heterocycles. The van der Waals surface area contributed by atoms with E-state index in [2.05, 4.69) is 5.32 Å². The first-order valence-corrected chi connectivity index (χ1v) is 10.9. The monoisotopic (exact) mass is 447 g/mol. The molecule has 2 aromatic carbocycles. The summed E-state index contributed by atoms with van der Waals surface area (Å²) in [4.78, 5) is 12.9. The fraction of sp³-hybridized carbons (Fsp3) is 0.227. The standard InChI is InChI=1S/C22H22ClNO5S/c1-27-18-9-7-15(13-20(18)28-2)11-12-24-22(25)19-10-8-16(29-19)14-30(26)21-6-4-3-5-17(21)23/h3-10,13H,11-12,14H2,1-2H3,(H,24,25)/t30-/m0/s1. The van der Waals surface area contributed by atoms with Gasteiger partial charge >= 0.3 is 0 Å². The molecule has 8 heteroatoms. The Labute approximate surface area is 182 Å². The second-order valence-electron chi connectivity index (χ2n) is 6.38. The maximum Gasteiger partial charge on any atom is 0.287 e. The third-order valence-electron chi connectivity index (χ3n) is 4.39. The number of methoxy groups -OCH3 is 2. The van der Waals surface area contributed by atoms with Gasteiger partial charge in [-0.3, -0.25) is 9.00 Å². The molecule has 6 nitrogen and oxygen atoms in total. The zero-order valence-electron chi connectivity index (χ0n) is 16.6. The number of carbonyl (C=O) groups excluding carboxylic acids is 1. The van der Waals surface area contributed by atoms with E-state index in [4.69, 9.17) is 25.5 Å². The Balaban J connectivity index is 1.54. The number of benzene rings is 2. The van der Waals surface area contributed by atoms with Crippen molar-refractivity contribution in [3.8, 4) is 11.5 Å². The van der Waals surface area contributed by atoms with Crippen molar-refractivity contribution in [1.29, 1.82) is 0 Å². The summed E-state index contributed by atoms with van der Waals surface area (Å²) in [5, 5.41) is 3.26. The van der Waals surface area contributed by atoms with Gasteiger partial charge in [0.1, 0.15) is 5.76 Å². The minimum absolute atomic E-state index is 0.142. The maximum absolute atomic E-state index is 12.5. The van der Waals surface area contributed by atoms with Gasteiger partial charge in [-0.2, -0.15) is 0 Å². The molecule has 3 rings (SSSR count). The van der Waals surface area contributed by atoms with E-state index in [1.165, 1.54) is 0 Å². The highest BCUT2D eigenvalue weighted by Gasteiger charge is 2.15. The van der Waals surface area contributed by atoms with E-state index in [9.17, 15) is 9.00 Å². The van der Waals surface area contributed by atoms with E-state index in [0.717, 1.165) is 5.56 Å². The van der Waals surface area contributed by atoms with Crippen LogP contribution in [0.25, 0.3) is 0 Å². The molecule has 0 bridgehead atoms. The van der Waals surface area contributed by atoms with Crippen LogP contribution in [0, 0.1) is 0 Å². The molecule has 3 aromatic rings. The van der Waals surface area contributed by atoms with Crippen LogP contribution in [0.2, 0.25) is 5.02 Å². The first kappa shape index (κ1) is 21.9. The largest absolute Gasteiger partial charge is 0.493 e. The quantitative estimate of drug-likeness (QED) is 0.531. The number of halogens is 1. The summed E-state index contributed by atoms with van der Waals surface area (Å²) >= 11 is 6.08. The molecular weight excluding hydrogens is 426 g/mol. The maximum atomic E-state index is 12.5. The average molecular weight is 448 g/mol. The molecule has 30 heavy (non-hydrogen) atoms. The lowest BCUT2D eigenvalue weighted by Crippen LogP contribution is -2.25. The number of amides is 1. The van der Waals surface area contributed by atoms with Crippen molar-refractivity contribution in [2.45, 2.75) is 17.1 Å². The van der Waals surface area contributed by atoms with E-state index < -0.39 is 10.8 Å². The van der Waals surface area contributed by atoms with Crippen LogP contribution in [0.1, 0.15) is 21.9 Å². The molecule has 158 valence electrons. The van der Waals surface area contributed by atoms with Crippen molar-refractivity contribution < 1.29 is 22.9 Å². The lowest BCUT2D eigenvalue weighted by molar-refractivity contribution is 0.0925. The predicted molar refractivity (Wildman–Crippen MR) is 116 cm³/mol. The third kappa shape index (κ3) is 5.43. The molecule has 0 fully saturated rings. The van der Waals surface area contributed by atoms with Crippen LogP contribution in [-0.2, 0) is 23.0 Å². The Kier molecular flexibility index (Phi) is 7.54. The van der Waals surface area contributed by atoms with Gasteiger partial charge in [0.25, 0.3) is 5.91 Å². The van der Waals surface area contributed by atoms with Crippen molar-refractivity contribution in [1.82, 2.24) is 5.32 Å². The van der Waals surface area contributed by atoms with Crippen molar-refractivity contribution >= 4 is 28.3 Å². The van der Waals surface area contributed by atoms with Gasteiger partial charge in [-0.25, -0.2) is 0 Å². The number of furan rings is 1. The van der Waals surface area contributed by atoms with E-state index >= 15 is 0 Å². The highest BCUT2D eigenvalue weighted by Crippen LogP contribution is 2.27. The number of ether oxygens (including phenoxy) is 2. The average Bonchev–Trinajstić information content (AvgIpc) is 3.22. The lowest BCUT2D eigenvalue weighted by Gasteiger charge is -2.09. The van der Waals surface area contributed by atoms with Crippen molar-refractivity contribution in [2.75, 3.05) is 20.8 Å². The van der Waals surface area contributed by atoms with Gasteiger partial charge in [-0.05, 0) is 48.4 Å². The highest BCUT2D eigenvalue weighted by atomic mass is 35.5. The van der Waals surface area contributed by atoms with Gasteiger partial charge in [0, 0.05) is 6.54 Å². The summed E-state index contributed by atoms with van der Waals surface area (Å²) in [5.74, 6) is 1.74. The normalized spacial score (nSPS) is 11.7. The summed E-state index contributed by atoms with van der Waals surface area (Å²) in [6.45, 7) is 0.426. The van der Waals surface area contributed by atoms with Crippen LogP contribution in [-0.4, -0.2) is 30.9 Å². The van der Waals surface area contributed by atoms with Gasteiger partial charge < -0.3 is 19.2 Å². The zero-order chi connectivity index (χ0) is 21.5. The van der Waals surface area contributed by atoms with Crippen LogP contribution < -0.4 is 14.8 Å². The first-order valence-electron chi connectivity index (χ1n) is 9.22. The van der Waals surface area contributed by atoms with E-state index in [-0.39, 0.29) is 17.4 Å². The number of hydrogen-bond acceptors (Lipinski definition) is 5. The molecule has 1 aromatic heterocycles. The van der Waals surface area contributed by atoms with Crippen LogP contribution in [0.5, 0.6) is 11.5 Å². The second-order valence-corrected chi connectivity index (χ2v) is 8.21. The van der Waals surface area contributed by atoms with Crippen LogP contribution >= 0.6 is 11.6 Å². The Hall–Kier alpha value is -2.77. The van der Waals surface area contributed by atoms with Crippen LogP contribution in [0.15, 0.2) is 63.9 Å². The van der Waals surface area contributed by atoms with E-state index in [1.807, 2.05) is 18.2 Å². The van der Waals surface area contributed by atoms with E-state index in [1.54, 1.807) is 50.6 Å². The molecule has 1 N–H and O–H groups in total. The van der Waals surface area contributed by atoms with Gasteiger partial charge in [0.2, 0.25) is 0 Å². The molecular formula is C22H22ClNO5S. The Morgan fingerprint density at radius 1 is 1.07 bits per heavy atom. The summed E-state index contributed by atoms with van der Waals surface area (Å²) in [6.07, 6.45) is 0.621. The molecule has 0 aliphatic heterocycles. The number of hydrogen-bond donors (Lipinski definition) is 1. The first-order chi connectivity index (χ1) is 14.5. The summed E-state index contributed by atoms with van der Waals surface area (Å²) in [7, 11) is 1.80. The summed E-state index contributed by atoms with van der Waals surface area (Å²) in [6, 6.07) is 15.8. The topological polar surface area (TPSA) is 77.8 Å². The predicted octanol–water partition coefficient (Wildman–Crippen LogP) is 4.23. The minimum Gasteiger partial charge on any atom is -0.493 e. The molecule has 0 radical (unpaired) electrons. The summed E-state index contributed by atoms with van der Waals surface area (Å²) in [5.41, 5.74) is 1.00. The van der Waals surface area contributed by atoms with Gasteiger partial charge in [0.05, 0.1) is 40.7 Å². The summed E-state index contributed by atoms with van der Waals surface area (Å²) < 4.78 is 28.6. The Bertz CT molecular complexity index is 1050. The number of carbonyl (C=O) groups is 1. The van der Waals surface area contributed by atoms with E-state index in [0.29, 0.717) is 40.1 Å². The number of nitrogens with one attached hydrogen (secondary N) is 1. The van der Waals surface area contributed by atoms with Crippen LogP contribution in [0.4, 0.5) is 0 Å². The highest BCUT2D eigenvalue weighted by molar-refractivity contribution is 7.84. The van der Waals surface area contributed by atoms with Crippen molar-refractivity contribution in [3.05, 3.63) is 76.7 Å². The molecule has 0 aliphatic rings. The number of rotatable bonds is 9. The third-order valence-corrected chi connectivity index (χ3v) is 6.22. The Morgan fingerprint density at radius 2 is 1.83 bits per heavy atom.